The molecule has 0 aliphatic rings. The van der Waals surface area contributed by atoms with E-state index < -0.39 is 0 Å². The zero-order valence-electron chi connectivity index (χ0n) is 17.1. The number of para-hydroxylation sites is 2. The number of hydrogen-bond donors (Lipinski definition) is 1. The fraction of sp³-hybridized carbons (Fsp3) is 0.280. The zero-order valence-corrected chi connectivity index (χ0v) is 17.1. The molecule has 0 bridgehead atoms. The van der Waals surface area contributed by atoms with Crippen LogP contribution in [0.5, 0.6) is 17.2 Å². The fourth-order valence-corrected chi connectivity index (χ4v) is 2.98. The molecule has 0 aromatic heterocycles. The zero-order chi connectivity index (χ0) is 20.3. The fourth-order valence-electron chi connectivity index (χ4n) is 2.98. The number of ether oxygens (including phenoxy) is 3. The van der Waals surface area contributed by atoms with Crippen LogP contribution in [-0.2, 0) is 0 Å². The van der Waals surface area contributed by atoms with Crippen LogP contribution in [0.3, 0.4) is 0 Å². The van der Waals surface area contributed by atoms with E-state index in [1.165, 1.54) is 5.56 Å². The average molecular weight is 392 g/mol. The predicted molar refractivity (Wildman–Crippen MR) is 118 cm³/mol. The molecule has 0 aliphatic carbocycles. The van der Waals surface area contributed by atoms with Crippen molar-refractivity contribution in [3.63, 3.8) is 0 Å². The summed E-state index contributed by atoms with van der Waals surface area (Å²) in [4.78, 5) is 0. The molecule has 3 rings (SSSR count). The van der Waals surface area contributed by atoms with Gasteiger partial charge in [0.05, 0.1) is 0 Å². The number of benzene rings is 3. The van der Waals surface area contributed by atoms with Gasteiger partial charge in [0, 0.05) is 18.3 Å². The van der Waals surface area contributed by atoms with Crippen molar-refractivity contribution in [3.8, 4) is 17.2 Å². The van der Waals surface area contributed by atoms with Gasteiger partial charge in [-0.15, -0.1) is 0 Å². The topological polar surface area (TPSA) is 39.7 Å². The van der Waals surface area contributed by atoms with Crippen molar-refractivity contribution in [2.24, 2.45) is 0 Å². The third kappa shape index (κ3) is 6.75. The van der Waals surface area contributed by atoms with E-state index in [1.54, 1.807) is 0 Å². The Kier molecular flexibility index (Phi) is 7.81. The van der Waals surface area contributed by atoms with E-state index in [9.17, 15) is 0 Å². The molecule has 0 fully saturated rings. The standard InChI is InChI=1S/C25H29NO3/c1-20(2)24-13-6-7-14-25(24)29-16-15-26-21-9-8-12-23(19-21)28-18-17-27-22-10-4-3-5-11-22/h3-14,19-20,26H,15-18H2,1-2H3. The number of hydrogen-bond acceptors (Lipinski definition) is 4. The Morgan fingerprint density at radius 1 is 0.690 bits per heavy atom. The molecule has 0 unspecified atom stereocenters. The monoisotopic (exact) mass is 391 g/mol. The maximum absolute atomic E-state index is 5.96. The van der Waals surface area contributed by atoms with Gasteiger partial charge < -0.3 is 19.5 Å². The Bertz CT molecular complexity index is 865. The second-order valence-corrected chi connectivity index (χ2v) is 7.01. The van der Waals surface area contributed by atoms with Crippen molar-refractivity contribution in [1.29, 1.82) is 0 Å². The summed E-state index contributed by atoms with van der Waals surface area (Å²) in [6.45, 7) is 6.67. The molecule has 0 heterocycles. The third-order valence-electron chi connectivity index (χ3n) is 4.43. The van der Waals surface area contributed by atoms with Crippen molar-refractivity contribution < 1.29 is 14.2 Å². The Labute approximate surface area is 173 Å². The van der Waals surface area contributed by atoms with Crippen molar-refractivity contribution in [2.75, 3.05) is 31.7 Å². The molecule has 29 heavy (non-hydrogen) atoms. The molecule has 4 nitrogen and oxygen atoms in total. The van der Waals surface area contributed by atoms with Gasteiger partial charge in [-0.1, -0.05) is 56.3 Å². The van der Waals surface area contributed by atoms with Crippen LogP contribution in [0, 0.1) is 0 Å². The first-order valence-electron chi connectivity index (χ1n) is 10.1. The van der Waals surface area contributed by atoms with E-state index in [-0.39, 0.29) is 0 Å². The predicted octanol–water partition coefficient (Wildman–Crippen LogP) is 5.76. The van der Waals surface area contributed by atoms with Crippen LogP contribution in [0.25, 0.3) is 0 Å². The summed E-state index contributed by atoms with van der Waals surface area (Å²) in [5.74, 6) is 3.07. The van der Waals surface area contributed by atoms with Gasteiger partial charge in [-0.3, -0.25) is 0 Å². The minimum absolute atomic E-state index is 0.443. The van der Waals surface area contributed by atoms with E-state index in [1.807, 2.05) is 66.7 Å². The smallest absolute Gasteiger partial charge is 0.122 e. The summed E-state index contributed by atoms with van der Waals surface area (Å²) in [6, 6.07) is 25.9. The highest BCUT2D eigenvalue weighted by Gasteiger charge is 2.06. The summed E-state index contributed by atoms with van der Waals surface area (Å²) in [7, 11) is 0. The van der Waals surface area contributed by atoms with Gasteiger partial charge in [0.25, 0.3) is 0 Å². The first-order chi connectivity index (χ1) is 14.2. The molecule has 0 atom stereocenters. The molecule has 0 saturated carbocycles. The summed E-state index contributed by atoms with van der Waals surface area (Å²) < 4.78 is 17.4. The lowest BCUT2D eigenvalue weighted by atomic mass is 10.0. The molecule has 152 valence electrons. The minimum Gasteiger partial charge on any atom is -0.491 e. The summed E-state index contributed by atoms with van der Waals surface area (Å²) in [5, 5.41) is 3.38. The second-order valence-electron chi connectivity index (χ2n) is 7.01. The first kappa shape index (κ1) is 20.6. The average Bonchev–Trinajstić information content (AvgIpc) is 2.75. The normalized spacial score (nSPS) is 10.6. The van der Waals surface area contributed by atoms with Crippen LogP contribution in [0.4, 0.5) is 5.69 Å². The molecule has 0 aliphatic heterocycles. The molecule has 3 aromatic rings. The van der Waals surface area contributed by atoms with Gasteiger partial charge in [-0.05, 0) is 41.8 Å². The van der Waals surface area contributed by atoms with E-state index in [0.717, 1.165) is 22.9 Å². The van der Waals surface area contributed by atoms with E-state index in [4.69, 9.17) is 14.2 Å². The highest BCUT2D eigenvalue weighted by molar-refractivity contribution is 5.48. The summed E-state index contributed by atoms with van der Waals surface area (Å²) in [6.07, 6.45) is 0. The van der Waals surface area contributed by atoms with Crippen LogP contribution < -0.4 is 19.5 Å². The Morgan fingerprint density at radius 3 is 2.17 bits per heavy atom. The van der Waals surface area contributed by atoms with Crippen LogP contribution >= 0.6 is 0 Å². The van der Waals surface area contributed by atoms with Gasteiger partial charge in [-0.2, -0.15) is 0 Å². The van der Waals surface area contributed by atoms with Crippen LogP contribution in [0.2, 0.25) is 0 Å². The van der Waals surface area contributed by atoms with Gasteiger partial charge >= 0.3 is 0 Å². The van der Waals surface area contributed by atoms with Gasteiger partial charge in [0.15, 0.2) is 0 Å². The Balaban J connectivity index is 1.39. The quantitative estimate of drug-likeness (QED) is 0.422. The highest BCUT2D eigenvalue weighted by atomic mass is 16.5. The molecule has 1 N–H and O–H groups in total. The van der Waals surface area contributed by atoms with Crippen LogP contribution in [-0.4, -0.2) is 26.4 Å². The van der Waals surface area contributed by atoms with Crippen molar-refractivity contribution in [1.82, 2.24) is 0 Å². The van der Waals surface area contributed by atoms with Crippen molar-refractivity contribution >= 4 is 5.69 Å². The largest absolute Gasteiger partial charge is 0.491 e. The Morgan fingerprint density at radius 2 is 1.38 bits per heavy atom. The van der Waals surface area contributed by atoms with Crippen molar-refractivity contribution in [3.05, 3.63) is 84.4 Å². The van der Waals surface area contributed by atoms with Gasteiger partial charge in [0.1, 0.15) is 37.1 Å². The van der Waals surface area contributed by atoms with Crippen molar-refractivity contribution in [2.45, 2.75) is 19.8 Å². The minimum atomic E-state index is 0.443. The van der Waals surface area contributed by atoms with E-state index in [2.05, 4.69) is 31.3 Å². The molecule has 3 aromatic carbocycles. The first-order valence-corrected chi connectivity index (χ1v) is 10.1. The molecule has 0 spiro atoms. The summed E-state index contributed by atoms with van der Waals surface area (Å²) >= 11 is 0. The molecule has 0 amide bonds. The molecular formula is C25H29NO3. The third-order valence-corrected chi connectivity index (χ3v) is 4.43. The molecule has 0 radical (unpaired) electrons. The van der Waals surface area contributed by atoms with E-state index >= 15 is 0 Å². The maximum atomic E-state index is 5.96. The number of anilines is 1. The SMILES string of the molecule is CC(C)c1ccccc1OCCNc1cccc(OCCOc2ccccc2)c1. The van der Waals surface area contributed by atoms with Gasteiger partial charge in [0.2, 0.25) is 0 Å². The lowest BCUT2D eigenvalue weighted by molar-refractivity contribution is 0.217. The maximum Gasteiger partial charge on any atom is 0.122 e. The van der Waals surface area contributed by atoms with Gasteiger partial charge in [-0.25, -0.2) is 0 Å². The lowest BCUT2D eigenvalue weighted by Crippen LogP contribution is -2.13. The second kappa shape index (κ2) is 11.0. The lowest BCUT2D eigenvalue weighted by Gasteiger charge is -2.14. The number of rotatable bonds is 11. The highest BCUT2D eigenvalue weighted by Crippen LogP contribution is 2.25. The molecule has 0 saturated heterocycles. The summed E-state index contributed by atoms with van der Waals surface area (Å²) in [5.41, 5.74) is 2.24. The Hall–Kier alpha value is -3.14. The van der Waals surface area contributed by atoms with E-state index in [0.29, 0.717) is 32.3 Å². The number of nitrogens with one attached hydrogen (secondary N) is 1. The molecule has 4 heteroatoms. The molecular weight excluding hydrogens is 362 g/mol. The van der Waals surface area contributed by atoms with Crippen LogP contribution in [0.1, 0.15) is 25.3 Å². The van der Waals surface area contributed by atoms with Crippen LogP contribution in [0.15, 0.2) is 78.9 Å².